The van der Waals surface area contributed by atoms with Crippen molar-refractivity contribution in [3.05, 3.63) is 29.3 Å². The molecule has 7 nitrogen and oxygen atoms in total. The van der Waals surface area contributed by atoms with Crippen LogP contribution >= 0.6 is 0 Å². The van der Waals surface area contributed by atoms with Gasteiger partial charge in [-0.25, -0.2) is 4.79 Å². The topological polar surface area (TPSA) is 62.3 Å². The number of urea groups is 1. The van der Waals surface area contributed by atoms with Gasteiger partial charge in [-0.15, -0.1) is 12.3 Å². The highest BCUT2D eigenvalue weighted by molar-refractivity contribution is 5.83. The van der Waals surface area contributed by atoms with E-state index in [-0.39, 0.29) is 35.6 Å². The Labute approximate surface area is 235 Å². The number of ether oxygens (including phenoxy) is 2. The summed E-state index contributed by atoms with van der Waals surface area (Å²) >= 11 is 0. The Morgan fingerprint density at radius 1 is 1.21 bits per heavy atom. The van der Waals surface area contributed by atoms with Crippen LogP contribution in [0, 0.1) is 24.2 Å². The van der Waals surface area contributed by atoms with E-state index in [1.165, 1.54) is 11.1 Å². The average Bonchev–Trinajstić information content (AvgIpc) is 3.55. The van der Waals surface area contributed by atoms with Gasteiger partial charge in [0.25, 0.3) is 0 Å². The molecule has 39 heavy (non-hydrogen) atoms. The fraction of sp³-hybridized carbons (Fsp3) is 0.688. The molecule has 2 amide bonds. The fourth-order valence-electron chi connectivity index (χ4n) is 6.56. The van der Waals surface area contributed by atoms with Crippen LogP contribution in [0.15, 0.2) is 18.2 Å². The molecule has 4 atom stereocenters. The Balaban J connectivity index is 1.52. The molecule has 2 fully saturated rings. The van der Waals surface area contributed by atoms with Crippen molar-refractivity contribution in [3.8, 4) is 18.1 Å². The molecule has 1 aromatic rings. The number of amides is 2. The summed E-state index contributed by atoms with van der Waals surface area (Å²) in [6, 6.07) is 6.62. The molecule has 2 saturated heterocycles. The Morgan fingerprint density at radius 3 is 2.82 bits per heavy atom. The second-order valence-electron chi connectivity index (χ2n) is 11.4. The van der Waals surface area contributed by atoms with Crippen LogP contribution in [0.3, 0.4) is 0 Å². The molecular formula is C32H47N3O4. The average molecular weight is 538 g/mol. The summed E-state index contributed by atoms with van der Waals surface area (Å²) in [5.74, 6) is 4.52. The maximum Gasteiger partial charge on any atom is 0.319 e. The molecule has 0 spiro atoms. The Morgan fingerprint density at radius 2 is 2.05 bits per heavy atom. The number of ketones is 1. The van der Waals surface area contributed by atoms with Gasteiger partial charge < -0.3 is 19.3 Å². The number of likely N-dealkylation sites (tertiary alicyclic amines) is 1. The molecule has 1 aromatic carbocycles. The van der Waals surface area contributed by atoms with Gasteiger partial charge in [0.15, 0.2) is 0 Å². The van der Waals surface area contributed by atoms with Crippen molar-refractivity contribution in [2.75, 3.05) is 59.6 Å². The van der Waals surface area contributed by atoms with E-state index in [0.717, 1.165) is 83.5 Å². The summed E-state index contributed by atoms with van der Waals surface area (Å²) in [6.07, 6.45) is 12.5. The molecule has 4 rings (SSSR count). The number of carbonyl (C=O) groups is 2. The number of Topliss-reactive ketones (excluding diaryl/α,β-unsaturated/α-hetero) is 1. The maximum absolute atomic E-state index is 13.7. The number of nitrogens with zero attached hydrogens (tertiary/aromatic N) is 3. The first-order chi connectivity index (χ1) is 19.0. The van der Waals surface area contributed by atoms with E-state index < -0.39 is 0 Å². The van der Waals surface area contributed by atoms with Crippen LogP contribution in [-0.4, -0.2) is 92.1 Å². The van der Waals surface area contributed by atoms with Gasteiger partial charge in [-0.1, -0.05) is 32.4 Å². The number of hydrogen-bond donors (Lipinski definition) is 0. The van der Waals surface area contributed by atoms with Crippen molar-refractivity contribution >= 4 is 11.8 Å². The van der Waals surface area contributed by atoms with Crippen LogP contribution in [-0.2, 0) is 16.0 Å². The monoisotopic (exact) mass is 537 g/mol. The van der Waals surface area contributed by atoms with Crippen LogP contribution in [0.1, 0.15) is 69.4 Å². The standard InChI is InChI=1S/C32H47N3O4/c1-5-9-24(13-19-38-18-6-2)30(36)23-35-22-28(25-10-11-31-26(21-25)14-20-39-31)27(7-3)29(35)12-17-34-16-8-15-33(4)32(34)37/h3,10-11,21,24,27-29H,5-6,8-9,12-20,22-23H2,1-2,4H3/t24-,27-,28-,29+/m1/s1. The van der Waals surface area contributed by atoms with E-state index in [9.17, 15) is 9.59 Å². The molecule has 3 aliphatic heterocycles. The van der Waals surface area contributed by atoms with E-state index in [0.29, 0.717) is 19.7 Å². The highest BCUT2D eigenvalue weighted by Crippen LogP contribution is 2.40. The minimum absolute atomic E-state index is 0.00491. The lowest BCUT2D eigenvalue weighted by molar-refractivity contribution is -0.125. The van der Waals surface area contributed by atoms with E-state index in [4.69, 9.17) is 15.9 Å². The second-order valence-corrected chi connectivity index (χ2v) is 11.4. The van der Waals surface area contributed by atoms with Crippen molar-refractivity contribution < 1.29 is 19.1 Å². The molecule has 0 N–H and O–H groups in total. The van der Waals surface area contributed by atoms with Crippen molar-refractivity contribution in [1.82, 2.24) is 14.7 Å². The summed E-state index contributed by atoms with van der Waals surface area (Å²) < 4.78 is 11.5. The number of carbonyl (C=O) groups excluding carboxylic acids is 2. The van der Waals surface area contributed by atoms with Crippen LogP contribution in [0.5, 0.6) is 5.75 Å². The van der Waals surface area contributed by atoms with Crippen LogP contribution < -0.4 is 4.74 Å². The Bertz CT molecular complexity index is 1020. The quantitative estimate of drug-likeness (QED) is 0.257. The third kappa shape index (κ3) is 7.15. The minimum Gasteiger partial charge on any atom is -0.493 e. The third-order valence-electron chi connectivity index (χ3n) is 8.71. The molecule has 3 heterocycles. The molecular weight excluding hydrogens is 490 g/mol. The van der Waals surface area contributed by atoms with E-state index >= 15 is 0 Å². The first kappa shape index (κ1) is 29.4. The molecule has 0 bridgehead atoms. The van der Waals surface area contributed by atoms with Gasteiger partial charge >= 0.3 is 6.03 Å². The molecule has 7 heteroatoms. The Kier molecular flexibility index (Phi) is 10.7. The van der Waals surface area contributed by atoms with E-state index in [1.54, 1.807) is 4.90 Å². The molecule has 0 aromatic heterocycles. The predicted octanol–water partition coefficient (Wildman–Crippen LogP) is 4.59. The predicted molar refractivity (Wildman–Crippen MR) is 154 cm³/mol. The maximum atomic E-state index is 13.7. The van der Waals surface area contributed by atoms with Gasteiger partial charge in [0.2, 0.25) is 0 Å². The number of terminal acetylenes is 1. The normalized spacial score (nSPS) is 23.9. The number of benzene rings is 1. The first-order valence-electron chi connectivity index (χ1n) is 15.0. The SMILES string of the molecule is C#C[C@@H]1[C@@H](c2ccc3c(c2)CCO3)CN(CC(=O)[C@H](CCC)CCOCCC)[C@H]1CCN1CCCN(C)C1=O. The van der Waals surface area contributed by atoms with Crippen molar-refractivity contribution in [3.63, 3.8) is 0 Å². The highest BCUT2D eigenvalue weighted by atomic mass is 16.5. The van der Waals surface area contributed by atoms with Gasteiger partial charge in [0.05, 0.1) is 13.2 Å². The highest BCUT2D eigenvalue weighted by Gasteiger charge is 2.43. The van der Waals surface area contributed by atoms with Gasteiger partial charge in [-0.3, -0.25) is 9.69 Å². The summed E-state index contributed by atoms with van der Waals surface area (Å²) in [6.45, 7) is 9.73. The third-order valence-corrected chi connectivity index (χ3v) is 8.71. The lowest BCUT2D eigenvalue weighted by Gasteiger charge is -2.35. The zero-order chi connectivity index (χ0) is 27.8. The number of fused-ring (bicyclic) bond motifs is 1. The van der Waals surface area contributed by atoms with Crippen molar-refractivity contribution in [2.24, 2.45) is 11.8 Å². The molecule has 3 aliphatic rings. The number of hydrogen-bond acceptors (Lipinski definition) is 5. The molecule has 0 radical (unpaired) electrons. The van der Waals surface area contributed by atoms with Crippen molar-refractivity contribution in [2.45, 2.75) is 70.8 Å². The summed E-state index contributed by atoms with van der Waals surface area (Å²) in [7, 11) is 1.87. The van der Waals surface area contributed by atoms with Gasteiger partial charge in [0, 0.05) is 76.7 Å². The number of rotatable bonds is 14. The fourth-order valence-corrected chi connectivity index (χ4v) is 6.56. The molecule has 0 saturated carbocycles. The largest absolute Gasteiger partial charge is 0.493 e. The minimum atomic E-state index is -0.0201. The lowest BCUT2D eigenvalue weighted by atomic mass is 9.84. The summed E-state index contributed by atoms with van der Waals surface area (Å²) in [5.41, 5.74) is 2.47. The molecule has 214 valence electrons. The van der Waals surface area contributed by atoms with Gasteiger partial charge in [0.1, 0.15) is 11.5 Å². The lowest BCUT2D eigenvalue weighted by Crippen LogP contribution is -2.49. The second kappa shape index (κ2) is 14.2. The van der Waals surface area contributed by atoms with Crippen LogP contribution in [0.2, 0.25) is 0 Å². The van der Waals surface area contributed by atoms with E-state index in [2.05, 4.69) is 42.9 Å². The smallest absolute Gasteiger partial charge is 0.319 e. The van der Waals surface area contributed by atoms with Gasteiger partial charge in [-0.2, -0.15) is 0 Å². The van der Waals surface area contributed by atoms with Crippen LogP contribution in [0.25, 0.3) is 0 Å². The van der Waals surface area contributed by atoms with Crippen molar-refractivity contribution in [1.29, 1.82) is 0 Å². The van der Waals surface area contributed by atoms with E-state index in [1.807, 2.05) is 11.9 Å². The molecule has 0 unspecified atom stereocenters. The van der Waals surface area contributed by atoms with Gasteiger partial charge in [-0.05, 0) is 49.3 Å². The summed E-state index contributed by atoms with van der Waals surface area (Å²) in [5, 5.41) is 0. The zero-order valence-corrected chi connectivity index (χ0v) is 24.2. The van der Waals surface area contributed by atoms with Crippen LogP contribution in [0.4, 0.5) is 4.79 Å². The zero-order valence-electron chi connectivity index (χ0n) is 24.2. The molecule has 0 aliphatic carbocycles. The summed E-state index contributed by atoms with van der Waals surface area (Å²) in [4.78, 5) is 32.5. The Hall–Kier alpha value is -2.56. The first-order valence-corrected chi connectivity index (χ1v) is 15.0.